The summed E-state index contributed by atoms with van der Waals surface area (Å²) < 4.78 is 0. The van der Waals surface area contributed by atoms with Gasteiger partial charge in [0.15, 0.2) is 0 Å². The number of benzene rings is 1. The zero-order chi connectivity index (χ0) is 12.3. The predicted octanol–water partition coefficient (Wildman–Crippen LogP) is 4.20. The molecule has 1 N–H and O–H groups in total. The van der Waals surface area contributed by atoms with Crippen molar-refractivity contribution in [3.05, 3.63) is 28.8 Å². The molecule has 0 bridgehead atoms. The molecule has 1 aliphatic rings. The molecule has 0 aromatic heterocycles. The average Bonchev–Trinajstić information content (AvgIpc) is 2.34. The maximum Gasteiger partial charge on any atom is 0.101 e. The molecule has 3 heteroatoms. The van der Waals surface area contributed by atoms with Gasteiger partial charge in [-0.25, -0.2) is 0 Å². The van der Waals surface area contributed by atoms with Gasteiger partial charge in [-0.3, -0.25) is 0 Å². The maximum absolute atomic E-state index is 8.94. The lowest BCUT2D eigenvalue weighted by molar-refractivity contribution is 0.349. The smallest absolute Gasteiger partial charge is 0.101 e. The van der Waals surface area contributed by atoms with Crippen molar-refractivity contribution in [2.45, 2.75) is 38.6 Å². The molecule has 90 valence electrons. The van der Waals surface area contributed by atoms with Crippen LogP contribution in [0.25, 0.3) is 0 Å². The highest BCUT2D eigenvalue weighted by molar-refractivity contribution is 6.31. The summed E-state index contributed by atoms with van der Waals surface area (Å²) in [6.45, 7) is 2.29. The normalized spacial score (nSPS) is 24.1. The quantitative estimate of drug-likeness (QED) is 0.851. The Kier molecular flexibility index (Phi) is 3.91. The van der Waals surface area contributed by atoms with E-state index in [1.807, 2.05) is 12.1 Å². The number of anilines is 1. The van der Waals surface area contributed by atoms with Gasteiger partial charge in [-0.15, -0.1) is 0 Å². The average molecular weight is 249 g/mol. The standard InChI is InChI=1S/C14H17ClN2/c1-10-4-2-3-5-14(10)17-12-6-7-13(15)11(8-12)9-16/h6-8,10,14,17H,2-5H2,1H3. The molecule has 1 saturated carbocycles. The molecule has 1 aromatic carbocycles. The highest BCUT2D eigenvalue weighted by Crippen LogP contribution is 2.28. The van der Waals surface area contributed by atoms with E-state index in [2.05, 4.69) is 18.3 Å². The van der Waals surface area contributed by atoms with Gasteiger partial charge in [-0.1, -0.05) is 31.4 Å². The van der Waals surface area contributed by atoms with Crippen LogP contribution >= 0.6 is 11.6 Å². The second-order valence-corrected chi connectivity index (χ2v) is 5.23. The van der Waals surface area contributed by atoms with Crippen LogP contribution in [0.4, 0.5) is 5.69 Å². The summed E-state index contributed by atoms with van der Waals surface area (Å²) >= 11 is 5.92. The van der Waals surface area contributed by atoms with Gasteiger partial charge in [0, 0.05) is 11.7 Å². The third kappa shape index (κ3) is 2.92. The van der Waals surface area contributed by atoms with Crippen molar-refractivity contribution in [3.63, 3.8) is 0 Å². The van der Waals surface area contributed by atoms with E-state index >= 15 is 0 Å². The third-order valence-corrected chi connectivity index (χ3v) is 3.88. The van der Waals surface area contributed by atoms with E-state index in [0.29, 0.717) is 22.5 Å². The van der Waals surface area contributed by atoms with Crippen LogP contribution in [-0.4, -0.2) is 6.04 Å². The van der Waals surface area contributed by atoms with Crippen molar-refractivity contribution in [1.82, 2.24) is 0 Å². The molecule has 0 heterocycles. The lowest BCUT2D eigenvalue weighted by atomic mass is 9.86. The van der Waals surface area contributed by atoms with E-state index in [0.717, 1.165) is 5.69 Å². The molecule has 2 rings (SSSR count). The monoisotopic (exact) mass is 248 g/mol. The van der Waals surface area contributed by atoms with Gasteiger partial charge in [-0.05, 0) is 37.0 Å². The SMILES string of the molecule is CC1CCCCC1Nc1ccc(Cl)c(C#N)c1. The Morgan fingerprint density at radius 2 is 2.12 bits per heavy atom. The lowest BCUT2D eigenvalue weighted by Crippen LogP contribution is -2.30. The zero-order valence-corrected chi connectivity index (χ0v) is 10.8. The minimum absolute atomic E-state index is 0.523. The Hall–Kier alpha value is -1.20. The summed E-state index contributed by atoms with van der Waals surface area (Å²) in [5.41, 5.74) is 1.55. The summed E-state index contributed by atoms with van der Waals surface area (Å²) in [6, 6.07) is 8.21. The summed E-state index contributed by atoms with van der Waals surface area (Å²) in [5, 5.41) is 13.0. The van der Waals surface area contributed by atoms with Gasteiger partial charge in [0.2, 0.25) is 0 Å². The highest BCUT2D eigenvalue weighted by atomic mass is 35.5. The zero-order valence-electron chi connectivity index (χ0n) is 10.0. The van der Waals surface area contributed by atoms with Crippen molar-refractivity contribution in [2.75, 3.05) is 5.32 Å². The number of nitriles is 1. The summed E-state index contributed by atoms with van der Waals surface area (Å²) in [5.74, 6) is 0.699. The molecule has 1 aromatic rings. The molecule has 1 aliphatic carbocycles. The first-order valence-electron chi connectivity index (χ1n) is 6.17. The Morgan fingerprint density at radius 3 is 2.82 bits per heavy atom. The molecule has 2 nitrogen and oxygen atoms in total. The molecule has 2 atom stereocenters. The van der Waals surface area contributed by atoms with Gasteiger partial charge < -0.3 is 5.32 Å². The van der Waals surface area contributed by atoms with Crippen LogP contribution in [0.15, 0.2) is 18.2 Å². The fourth-order valence-corrected chi connectivity index (χ4v) is 2.61. The van der Waals surface area contributed by atoms with Gasteiger partial charge in [0.25, 0.3) is 0 Å². The molecule has 2 unspecified atom stereocenters. The van der Waals surface area contributed by atoms with Gasteiger partial charge in [0.05, 0.1) is 10.6 Å². The lowest BCUT2D eigenvalue weighted by Gasteiger charge is -2.30. The molecule has 0 aliphatic heterocycles. The first kappa shape index (κ1) is 12.3. The maximum atomic E-state index is 8.94. The minimum Gasteiger partial charge on any atom is -0.382 e. The van der Waals surface area contributed by atoms with Gasteiger partial charge in [0.1, 0.15) is 6.07 Å². The number of nitrogens with zero attached hydrogens (tertiary/aromatic N) is 1. The van der Waals surface area contributed by atoms with Crippen molar-refractivity contribution in [3.8, 4) is 6.07 Å². The Labute approximate surface area is 108 Å². The molecular weight excluding hydrogens is 232 g/mol. The molecule has 0 spiro atoms. The van der Waals surface area contributed by atoms with Crippen molar-refractivity contribution in [1.29, 1.82) is 5.26 Å². The Bertz CT molecular complexity index is 436. The van der Waals surface area contributed by atoms with Crippen LogP contribution < -0.4 is 5.32 Å². The van der Waals surface area contributed by atoms with Crippen LogP contribution in [0.5, 0.6) is 0 Å². The largest absolute Gasteiger partial charge is 0.382 e. The van der Waals surface area contributed by atoms with E-state index in [9.17, 15) is 0 Å². The number of hydrogen-bond acceptors (Lipinski definition) is 2. The molecular formula is C14H17ClN2. The molecule has 0 radical (unpaired) electrons. The van der Waals surface area contributed by atoms with Crippen molar-refractivity contribution in [2.24, 2.45) is 5.92 Å². The van der Waals surface area contributed by atoms with E-state index in [1.54, 1.807) is 6.07 Å². The van der Waals surface area contributed by atoms with Crippen LogP contribution in [0, 0.1) is 17.2 Å². The number of halogens is 1. The van der Waals surface area contributed by atoms with Crippen LogP contribution in [0.2, 0.25) is 5.02 Å². The van der Waals surface area contributed by atoms with Crippen molar-refractivity contribution < 1.29 is 0 Å². The predicted molar refractivity (Wildman–Crippen MR) is 71.2 cm³/mol. The van der Waals surface area contributed by atoms with Gasteiger partial charge in [-0.2, -0.15) is 5.26 Å². The van der Waals surface area contributed by atoms with E-state index in [-0.39, 0.29) is 0 Å². The fourth-order valence-electron chi connectivity index (χ4n) is 2.45. The summed E-state index contributed by atoms with van der Waals surface area (Å²) in [6.07, 6.45) is 5.13. The van der Waals surface area contributed by atoms with Crippen molar-refractivity contribution >= 4 is 17.3 Å². The minimum atomic E-state index is 0.523. The Balaban J connectivity index is 2.10. The second kappa shape index (κ2) is 5.42. The van der Waals surface area contributed by atoms with Crippen LogP contribution in [0.1, 0.15) is 38.2 Å². The molecule has 1 fully saturated rings. The van der Waals surface area contributed by atoms with Crippen LogP contribution in [-0.2, 0) is 0 Å². The molecule has 17 heavy (non-hydrogen) atoms. The second-order valence-electron chi connectivity index (χ2n) is 4.82. The number of nitrogens with one attached hydrogen (secondary N) is 1. The van der Waals surface area contributed by atoms with E-state index < -0.39 is 0 Å². The third-order valence-electron chi connectivity index (χ3n) is 3.55. The first-order chi connectivity index (χ1) is 8.20. The Morgan fingerprint density at radius 1 is 1.35 bits per heavy atom. The summed E-state index contributed by atoms with van der Waals surface area (Å²) in [7, 11) is 0. The number of hydrogen-bond donors (Lipinski definition) is 1. The topological polar surface area (TPSA) is 35.8 Å². The highest BCUT2D eigenvalue weighted by Gasteiger charge is 2.20. The molecule has 0 saturated heterocycles. The van der Waals surface area contributed by atoms with E-state index in [1.165, 1.54) is 25.7 Å². The van der Waals surface area contributed by atoms with Gasteiger partial charge >= 0.3 is 0 Å². The first-order valence-corrected chi connectivity index (χ1v) is 6.54. The fraction of sp³-hybridized carbons (Fsp3) is 0.500. The summed E-state index contributed by atoms with van der Waals surface area (Å²) in [4.78, 5) is 0. The van der Waals surface area contributed by atoms with E-state index in [4.69, 9.17) is 16.9 Å². The van der Waals surface area contributed by atoms with Crippen LogP contribution in [0.3, 0.4) is 0 Å². The number of rotatable bonds is 2. The molecule has 0 amide bonds.